The second-order valence-corrected chi connectivity index (χ2v) is 11.4. The lowest BCUT2D eigenvalue weighted by molar-refractivity contribution is 0.211. The summed E-state index contributed by atoms with van der Waals surface area (Å²) < 4.78 is 3.56. The predicted molar refractivity (Wildman–Crippen MR) is 176 cm³/mol. The Kier molecular flexibility index (Phi) is 7.66. The fourth-order valence-electron chi connectivity index (χ4n) is 5.81. The molecule has 5 aromatic heterocycles. The first-order valence-corrected chi connectivity index (χ1v) is 15.0. The van der Waals surface area contributed by atoms with Crippen molar-refractivity contribution in [3.05, 3.63) is 107 Å². The molecule has 0 aliphatic carbocycles. The van der Waals surface area contributed by atoms with E-state index in [2.05, 4.69) is 55.5 Å². The molecule has 228 valence electrons. The Morgan fingerprint density at radius 3 is 2.54 bits per heavy atom. The maximum absolute atomic E-state index is 12.0. The molecule has 12 heteroatoms. The largest absolute Gasteiger partial charge is 0.383 e. The molecule has 6 aromatic rings. The Bertz CT molecular complexity index is 2140. The normalized spacial score (nSPS) is 13.9. The summed E-state index contributed by atoms with van der Waals surface area (Å²) in [4.78, 5) is 37.2. The maximum atomic E-state index is 12.0. The molecular weight excluding hydrogens is 578 g/mol. The lowest BCUT2D eigenvalue weighted by atomic mass is 10.0. The van der Waals surface area contributed by atoms with E-state index in [4.69, 9.17) is 21.0 Å². The maximum Gasteiger partial charge on any atom is 0.250 e. The number of nitrogens with zero attached hydrogens (tertiary/aromatic N) is 9. The van der Waals surface area contributed by atoms with Crippen LogP contribution < -0.4 is 16.6 Å². The van der Waals surface area contributed by atoms with Gasteiger partial charge in [0.15, 0.2) is 11.5 Å². The number of anilines is 2. The zero-order valence-corrected chi connectivity index (χ0v) is 25.2. The van der Waals surface area contributed by atoms with E-state index in [-0.39, 0.29) is 11.6 Å². The van der Waals surface area contributed by atoms with Gasteiger partial charge in [0.05, 0.1) is 11.3 Å². The van der Waals surface area contributed by atoms with Crippen molar-refractivity contribution >= 4 is 22.9 Å². The summed E-state index contributed by atoms with van der Waals surface area (Å²) in [6.07, 6.45) is 6.97. The Hall–Kier alpha value is -5.93. The molecule has 0 radical (unpaired) electrons. The van der Waals surface area contributed by atoms with Gasteiger partial charge in [-0.15, -0.1) is 0 Å². The first-order chi connectivity index (χ1) is 22.4. The summed E-state index contributed by atoms with van der Waals surface area (Å²) in [6.45, 7) is 2.70. The quantitative estimate of drug-likeness (QED) is 0.269. The van der Waals surface area contributed by atoms with E-state index >= 15 is 0 Å². The standard InChI is InChI=1S/C34H31N11O/c1-43-21-23(6-11-30(43)46)28-9-10-29-33(41-28)45(32(42-29)27-3-2-15-37-31(27)36)26-7-4-22(5-8-26)20-44-17-13-24(14-18-44)39-34-38-16-12-25(19-35)40-34/h2-12,15-16,21,24H,13-14,17-18,20H2,1H3,(H2,36,37)(H,38,39,40). The fourth-order valence-corrected chi connectivity index (χ4v) is 5.81. The number of nitrogen functional groups attached to an aromatic ring is 1. The molecule has 0 unspecified atom stereocenters. The summed E-state index contributed by atoms with van der Waals surface area (Å²) >= 11 is 0. The molecule has 0 saturated carbocycles. The second kappa shape index (κ2) is 12.2. The second-order valence-electron chi connectivity index (χ2n) is 11.4. The fraction of sp³-hybridized carbons (Fsp3) is 0.206. The molecule has 0 spiro atoms. The predicted octanol–water partition coefficient (Wildman–Crippen LogP) is 4.17. The van der Waals surface area contributed by atoms with Crippen LogP contribution >= 0.6 is 0 Å². The number of nitrogens with one attached hydrogen (secondary N) is 1. The van der Waals surface area contributed by atoms with Crippen LogP contribution in [0.3, 0.4) is 0 Å². The van der Waals surface area contributed by atoms with E-state index in [1.165, 1.54) is 5.56 Å². The smallest absolute Gasteiger partial charge is 0.250 e. The number of aromatic nitrogens is 7. The summed E-state index contributed by atoms with van der Waals surface area (Å²) in [5.74, 6) is 1.54. The highest BCUT2D eigenvalue weighted by atomic mass is 16.1. The van der Waals surface area contributed by atoms with Gasteiger partial charge in [0.1, 0.15) is 23.1 Å². The third kappa shape index (κ3) is 5.79. The molecule has 1 saturated heterocycles. The van der Waals surface area contributed by atoms with E-state index in [0.717, 1.165) is 60.5 Å². The Morgan fingerprint density at radius 1 is 0.957 bits per heavy atom. The molecular formula is C34H31N11O. The van der Waals surface area contributed by atoms with Gasteiger partial charge in [-0.2, -0.15) is 5.26 Å². The van der Waals surface area contributed by atoms with Gasteiger partial charge in [-0.1, -0.05) is 12.1 Å². The van der Waals surface area contributed by atoms with Gasteiger partial charge in [0.25, 0.3) is 0 Å². The minimum atomic E-state index is -0.0813. The highest BCUT2D eigenvalue weighted by molar-refractivity contribution is 5.84. The number of nitriles is 1. The van der Waals surface area contributed by atoms with E-state index < -0.39 is 0 Å². The summed E-state index contributed by atoms with van der Waals surface area (Å²) in [5.41, 5.74) is 12.4. The van der Waals surface area contributed by atoms with Gasteiger partial charge in [-0.25, -0.2) is 24.9 Å². The molecule has 46 heavy (non-hydrogen) atoms. The number of likely N-dealkylation sites (tertiary alicyclic amines) is 1. The number of imidazole rings is 1. The van der Waals surface area contributed by atoms with Crippen molar-refractivity contribution in [1.29, 1.82) is 5.26 Å². The number of rotatable bonds is 7. The number of hydrogen-bond donors (Lipinski definition) is 2. The van der Waals surface area contributed by atoms with Crippen molar-refractivity contribution in [3.63, 3.8) is 0 Å². The summed E-state index contributed by atoms with van der Waals surface area (Å²) in [7, 11) is 1.73. The van der Waals surface area contributed by atoms with Crippen LogP contribution in [0, 0.1) is 11.3 Å². The SMILES string of the molecule is Cn1cc(-c2ccc3nc(-c4cccnc4N)n(-c4ccc(CN5CCC(Nc6nccc(C#N)n6)CC5)cc4)c3n2)ccc1=O. The lowest BCUT2D eigenvalue weighted by Crippen LogP contribution is -2.39. The van der Waals surface area contributed by atoms with Gasteiger partial charge in [-0.05, 0) is 66.9 Å². The minimum Gasteiger partial charge on any atom is -0.383 e. The van der Waals surface area contributed by atoms with E-state index in [1.54, 1.807) is 48.4 Å². The minimum absolute atomic E-state index is 0.0813. The molecule has 0 atom stereocenters. The number of benzene rings is 1. The first-order valence-electron chi connectivity index (χ1n) is 15.0. The van der Waals surface area contributed by atoms with Gasteiger partial charge in [0, 0.05) is 68.6 Å². The topological polar surface area (TPSA) is 156 Å². The number of pyridine rings is 3. The zero-order valence-electron chi connectivity index (χ0n) is 25.2. The molecule has 7 rings (SSSR count). The number of piperidine rings is 1. The molecule has 1 aromatic carbocycles. The molecule has 3 N–H and O–H groups in total. The lowest BCUT2D eigenvalue weighted by Gasteiger charge is -2.32. The highest BCUT2D eigenvalue weighted by Gasteiger charge is 2.21. The van der Waals surface area contributed by atoms with Crippen LogP contribution in [0.4, 0.5) is 11.8 Å². The molecule has 1 aliphatic heterocycles. The van der Waals surface area contributed by atoms with Crippen LogP contribution in [-0.2, 0) is 13.6 Å². The van der Waals surface area contributed by atoms with E-state index in [1.807, 2.05) is 28.8 Å². The third-order valence-electron chi connectivity index (χ3n) is 8.26. The van der Waals surface area contributed by atoms with Crippen LogP contribution in [0.2, 0.25) is 0 Å². The van der Waals surface area contributed by atoms with Crippen molar-refractivity contribution in [3.8, 4) is 34.4 Å². The van der Waals surface area contributed by atoms with Crippen molar-refractivity contribution in [2.45, 2.75) is 25.4 Å². The summed E-state index contributed by atoms with van der Waals surface area (Å²) in [5, 5.41) is 12.5. The van der Waals surface area contributed by atoms with Gasteiger partial charge in [-0.3, -0.25) is 14.3 Å². The monoisotopic (exact) mass is 609 g/mol. The summed E-state index contributed by atoms with van der Waals surface area (Å²) in [6, 6.07) is 23.3. The van der Waals surface area contributed by atoms with E-state index in [9.17, 15) is 4.79 Å². The van der Waals surface area contributed by atoms with Crippen LogP contribution in [0.25, 0.3) is 39.5 Å². The third-order valence-corrected chi connectivity index (χ3v) is 8.26. The highest BCUT2D eigenvalue weighted by Crippen LogP contribution is 2.32. The zero-order chi connectivity index (χ0) is 31.6. The average Bonchev–Trinajstić information content (AvgIpc) is 3.46. The number of nitrogens with two attached hydrogens (primary N) is 1. The van der Waals surface area contributed by atoms with Crippen LogP contribution in [0.15, 0.2) is 90.1 Å². The van der Waals surface area contributed by atoms with Gasteiger partial charge < -0.3 is 15.6 Å². The van der Waals surface area contributed by atoms with Crippen LogP contribution in [-0.4, -0.2) is 58.1 Å². The van der Waals surface area contributed by atoms with Crippen LogP contribution in [0.1, 0.15) is 24.1 Å². The van der Waals surface area contributed by atoms with Gasteiger partial charge in [0.2, 0.25) is 11.5 Å². The number of fused-ring (bicyclic) bond motifs is 1. The van der Waals surface area contributed by atoms with Gasteiger partial charge >= 0.3 is 0 Å². The Balaban J connectivity index is 1.14. The van der Waals surface area contributed by atoms with Crippen LogP contribution in [0.5, 0.6) is 0 Å². The average molecular weight is 610 g/mol. The molecule has 1 aliphatic rings. The van der Waals surface area contributed by atoms with Crippen molar-refractivity contribution in [2.75, 3.05) is 24.1 Å². The van der Waals surface area contributed by atoms with Crippen molar-refractivity contribution in [2.24, 2.45) is 7.05 Å². The first kappa shape index (κ1) is 28.8. The number of aryl methyl sites for hydroxylation is 1. The molecule has 6 heterocycles. The van der Waals surface area contributed by atoms with E-state index in [0.29, 0.717) is 28.9 Å². The Labute approximate surface area is 264 Å². The molecule has 1 fully saturated rings. The van der Waals surface area contributed by atoms with Crippen molar-refractivity contribution in [1.82, 2.24) is 39.0 Å². The molecule has 0 amide bonds. The van der Waals surface area contributed by atoms with Crippen molar-refractivity contribution < 1.29 is 0 Å². The molecule has 0 bridgehead atoms. The number of hydrogen-bond acceptors (Lipinski definition) is 10. The Morgan fingerprint density at radius 2 is 1.78 bits per heavy atom. The molecule has 12 nitrogen and oxygen atoms in total.